The van der Waals surface area contributed by atoms with Crippen molar-refractivity contribution in [2.45, 2.75) is 17.8 Å². The molecule has 3 aromatic rings. The average Bonchev–Trinajstić information content (AvgIpc) is 2.75. The third-order valence-electron chi connectivity index (χ3n) is 4.96. The summed E-state index contributed by atoms with van der Waals surface area (Å²) in [5.74, 6) is 0.0101. The largest absolute Gasteiger partial charge is 0.457 e. The number of nitrogens with zero attached hydrogens (tertiary/aromatic N) is 1. The molecule has 0 saturated heterocycles. The maximum atomic E-state index is 14.2. The Kier molecular flexibility index (Phi) is 6.53. The summed E-state index contributed by atoms with van der Waals surface area (Å²) >= 11 is 0. The summed E-state index contributed by atoms with van der Waals surface area (Å²) in [4.78, 5) is 20.5. The number of non-ortho nitro benzene ring substituents is 1. The topological polar surface area (TPSA) is 81.5 Å². The van der Waals surface area contributed by atoms with Gasteiger partial charge >= 0.3 is 12.4 Å². The van der Waals surface area contributed by atoms with E-state index in [1.165, 1.54) is 12.1 Å². The van der Waals surface area contributed by atoms with Gasteiger partial charge in [0.15, 0.2) is 0 Å². The molecule has 0 saturated carbocycles. The van der Waals surface area contributed by atoms with Crippen LogP contribution in [-0.4, -0.2) is 23.7 Å². The second-order valence-corrected chi connectivity index (χ2v) is 6.96. The number of amides is 1. The first-order valence-electron chi connectivity index (χ1n) is 9.37. The molecule has 0 aliphatic rings. The van der Waals surface area contributed by atoms with Crippen LogP contribution in [0.5, 0.6) is 11.5 Å². The number of nitro groups is 1. The molecular weight excluding hydrogens is 470 g/mol. The Morgan fingerprint density at radius 1 is 0.735 bits per heavy atom. The molecule has 1 N–H and O–H groups in total. The fourth-order valence-electron chi connectivity index (χ4n) is 3.41. The molecule has 0 atom stereocenters. The number of benzene rings is 3. The molecule has 178 valence electrons. The fraction of sp³-hybridized carbons (Fsp3) is 0.136. The van der Waals surface area contributed by atoms with Crippen LogP contribution in [0.3, 0.4) is 0 Å². The number of halogens is 6. The maximum absolute atomic E-state index is 14.2. The Bertz CT molecular complexity index is 1140. The SMILES string of the molecule is O=CNc1ccc(C(c2ccc(Oc3ccc([N+](=O)[O-])cc3)cc2)(C(F)(F)F)C(F)(F)F)cc1. The van der Waals surface area contributed by atoms with Crippen LogP contribution in [0, 0.1) is 10.1 Å². The van der Waals surface area contributed by atoms with Crippen LogP contribution in [0.1, 0.15) is 11.1 Å². The van der Waals surface area contributed by atoms with E-state index in [4.69, 9.17) is 4.74 Å². The zero-order valence-electron chi connectivity index (χ0n) is 16.9. The van der Waals surface area contributed by atoms with Crippen molar-refractivity contribution in [3.8, 4) is 11.5 Å². The summed E-state index contributed by atoms with van der Waals surface area (Å²) in [5.41, 5.74) is -6.75. The van der Waals surface area contributed by atoms with Crippen molar-refractivity contribution in [1.29, 1.82) is 0 Å². The first kappa shape index (κ1) is 24.6. The summed E-state index contributed by atoms with van der Waals surface area (Å²) < 4.78 is 90.4. The summed E-state index contributed by atoms with van der Waals surface area (Å²) in [6, 6.07) is 11.1. The lowest BCUT2D eigenvalue weighted by atomic mass is 9.73. The normalized spacial score (nSPS) is 12.2. The first-order valence-corrected chi connectivity index (χ1v) is 9.37. The standard InChI is InChI=1S/C22H14F6N2O4/c23-21(24,25)20(22(26,27)28,14-1-5-16(6-2-14)29-13-31)15-3-9-18(10-4-15)34-19-11-7-17(8-12-19)30(32)33/h1-13H,(H,29,31). The molecule has 1 amide bonds. The van der Waals surface area contributed by atoms with Gasteiger partial charge in [0, 0.05) is 17.8 Å². The Hall–Kier alpha value is -4.09. The molecule has 3 aromatic carbocycles. The highest BCUT2D eigenvalue weighted by Gasteiger charge is 2.72. The number of carbonyl (C=O) groups excluding carboxylic acids is 1. The second kappa shape index (κ2) is 9.04. The van der Waals surface area contributed by atoms with Gasteiger partial charge in [0.2, 0.25) is 11.8 Å². The van der Waals surface area contributed by atoms with Gasteiger partial charge in [0.05, 0.1) is 4.92 Å². The molecule has 0 radical (unpaired) electrons. The predicted molar refractivity (Wildman–Crippen MR) is 109 cm³/mol. The molecule has 0 unspecified atom stereocenters. The average molecular weight is 484 g/mol. The quantitative estimate of drug-likeness (QED) is 0.183. The lowest BCUT2D eigenvalue weighted by Crippen LogP contribution is -2.54. The molecular formula is C22H14F6N2O4. The minimum absolute atomic E-state index is 0.0174. The number of hydrogen-bond donors (Lipinski definition) is 1. The van der Waals surface area contributed by atoms with Gasteiger partial charge in [-0.2, -0.15) is 26.3 Å². The number of nitrogens with one attached hydrogen (secondary N) is 1. The number of hydrogen-bond acceptors (Lipinski definition) is 4. The number of rotatable bonds is 7. The van der Waals surface area contributed by atoms with Gasteiger partial charge in [0.25, 0.3) is 5.69 Å². The predicted octanol–water partition coefficient (Wildman–Crippen LogP) is 6.37. The Labute approximate surface area is 187 Å². The van der Waals surface area contributed by atoms with Gasteiger partial charge in [0.1, 0.15) is 11.5 Å². The van der Waals surface area contributed by atoms with Gasteiger partial charge in [-0.05, 0) is 47.5 Å². The van der Waals surface area contributed by atoms with E-state index >= 15 is 0 Å². The first-order chi connectivity index (χ1) is 15.9. The van der Waals surface area contributed by atoms with Crippen LogP contribution < -0.4 is 10.1 Å². The van der Waals surface area contributed by atoms with Crippen molar-refractivity contribution in [2.75, 3.05) is 5.32 Å². The minimum atomic E-state index is -5.77. The summed E-state index contributed by atoms with van der Waals surface area (Å²) in [6.07, 6.45) is -11.3. The third-order valence-corrected chi connectivity index (χ3v) is 4.96. The molecule has 0 aliphatic heterocycles. The lowest BCUT2D eigenvalue weighted by Gasteiger charge is -2.38. The van der Waals surface area contributed by atoms with E-state index in [1.807, 2.05) is 0 Å². The van der Waals surface area contributed by atoms with Crippen LogP contribution in [0.15, 0.2) is 72.8 Å². The van der Waals surface area contributed by atoms with Gasteiger partial charge in [-0.15, -0.1) is 0 Å². The van der Waals surface area contributed by atoms with E-state index in [0.717, 1.165) is 36.4 Å². The molecule has 0 heterocycles. The van der Waals surface area contributed by atoms with Crippen molar-refractivity contribution in [3.63, 3.8) is 0 Å². The van der Waals surface area contributed by atoms with E-state index < -0.39 is 33.8 Å². The maximum Gasteiger partial charge on any atom is 0.411 e. The molecule has 0 bridgehead atoms. The van der Waals surface area contributed by atoms with Crippen LogP contribution in [0.2, 0.25) is 0 Å². The summed E-state index contributed by atoms with van der Waals surface area (Å²) in [6.45, 7) is 0. The van der Waals surface area contributed by atoms with E-state index in [1.54, 1.807) is 0 Å². The number of nitro benzene ring substituents is 1. The molecule has 3 rings (SSSR count). The van der Waals surface area contributed by atoms with Crippen LogP contribution >= 0.6 is 0 Å². The van der Waals surface area contributed by atoms with Crippen LogP contribution in [0.4, 0.5) is 37.7 Å². The van der Waals surface area contributed by atoms with Crippen molar-refractivity contribution >= 4 is 17.8 Å². The zero-order chi connectivity index (χ0) is 25.1. The molecule has 6 nitrogen and oxygen atoms in total. The monoisotopic (exact) mass is 484 g/mol. The van der Waals surface area contributed by atoms with Crippen molar-refractivity contribution in [2.24, 2.45) is 0 Å². The minimum Gasteiger partial charge on any atom is -0.457 e. The summed E-state index contributed by atoms with van der Waals surface area (Å²) in [5, 5.41) is 12.8. The molecule has 0 spiro atoms. The highest BCUT2D eigenvalue weighted by Crippen LogP contribution is 2.56. The van der Waals surface area contributed by atoms with E-state index in [0.29, 0.717) is 24.3 Å². The Morgan fingerprint density at radius 3 is 1.53 bits per heavy atom. The van der Waals surface area contributed by atoms with Gasteiger partial charge in [-0.25, -0.2) is 0 Å². The number of alkyl halides is 6. The third kappa shape index (κ3) is 4.51. The smallest absolute Gasteiger partial charge is 0.411 e. The number of ether oxygens (including phenoxy) is 1. The number of anilines is 1. The molecule has 34 heavy (non-hydrogen) atoms. The zero-order valence-corrected chi connectivity index (χ0v) is 16.9. The number of carbonyl (C=O) groups is 1. The van der Waals surface area contributed by atoms with Crippen molar-refractivity contribution in [3.05, 3.63) is 94.0 Å². The lowest BCUT2D eigenvalue weighted by molar-refractivity contribution is -0.384. The Morgan fingerprint density at radius 2 is 1.15 bits per heavy atom. The highest BCUT2D eigenvalue weighted by molar-refractivity contribution is 5.71. The summed E-state index contributed by atoms with van der Waals surface area (Å²) in [7, 11) is 0. The fourth-order valence-corrected chi connectivity index (χ4v) is 3.41. The van der Waals surface area contributed by atoms with Gasteiger partial charge < -0.3 is 10.1 Å². The van der Waals surface area contributed by atoms with Crippen molar-refractivity contribution in [1.82, 2.24) is 0 Å². The van der Waals surface area contributed by atoms with Crippen molar-refractivity contribution < 1.29 is 40.8 Å². The molecule has 0 fully saturated rings. The second-order valence-electron chi connectivity index (χ2n) is 6.96. The molecule has 12 heteroatoms. The molecule has 0 aliphatic carbocycles. The van der Waals surface area contributed by atoms with Crippen LogP contribution in [0.25, 0.3) is 0 Å². The van der Waals surface area contributed by atoms with Gasteiger partial charge in [-0.1, -0.05) is 24.3 Å². The molecule has 0 aromatic heterocycles. The van der Waals surface area contributed by atoms with Crippen LogP contribution in [-0.2, 0) is 10.2 Å². The van der Waals surface area contributed by atoms with E-state index in [9.17, 15) is 41.3 Å². The highest BCUT2D eigenvalue weighted by atomic mass is 19.4. The van der Waals surface area contributed by atoms with E-state index in [2.05, 4.69) is 5.32 Å². The van der Waals surface area contributed by atoms with Gasteiger partial charge in [-0.3, -0.25) is 14.9 Å². The Balaban J connectivity index is 2.04. The van der Waals surface area contributed by atoms with E-state index in [-0.39, 0.29) is 29.3 Å².